The molecule has 1 aliphatic rings. The van der Waals surface area contributed by atoms with Crippen molar-refractivity contribution in [3.8, 4) is 0 Å². The molecule has 4 nitrogen and oxygen atoms in total. The molecule has 0 saturated heterocycles. The Morgan fingerprint density at radius 3 is 2.62 bits per heavy atom. The average Bonchev–Trinajstić information content (AvgIpc) is 2.79. The van der Waals surface area contributed by atoms with Gasteiger partial charge in [0.15, 0.2) is 0 Å². The van der Waals surface area contributed by atoms with Gasteiger partial charge in [-0.25, -0.2) is 4.98 Å². The van der Waals surface area contributed by atoms with Crippen molar-refractivity contribution in [2.75, 3.05) is 11.9 Å². The Bertz CT molecular complexity index is 501. The summed E-state index contributed by atoms with van der Waals surface area (Å²) in [5.41, 5.74) is 1.66. The highest BCUT2D eigenvalue weighted by Crippen LogP contribution is 2.31. The van der Waals surface area contributed by atoms with E-state index >= 15 is 0 Å². The minimum atomic E-state index is 0.0252. The first-order valence-corrected chi connectivity index (χ1v) is 8.10. The zero-order valence-corrected chi connectivity index (χ0v) is 13.6. The molecule has 0 radical (unpaired) electrons. The summed E-state index contributed by atoms with van der Waals surface area (Å²) >= 11 is 0. The lowest BCUT2D eigenvalue weighted by atomic mass is 9.97. The van der Waals surface area contributed by atoms with Crippen LogP contribution >= 0.6 is 0 Å². The predicted molar refractivity (Wildman–Crippen MR) is 86.6 cm³/mol. The fourth-order valence-corrected chi connectivity index (χ4v) is 2.99. The third kappa shape index (κ3) is 3.74. The van der Waals surface area contributed by atoms with Gasteiger partial charge in [-0.05, 0) is 50.2 Å². The Labute approximate surface area is 127 Å². The van der Waals surface area contributed by atoms with Crippen LogP contribution in [0.3, 0.4) is 0 Å². The van der Waals surface area contributed by atoms with E-state index in [0.717, 1.165) is 30.9 Å². The van der Waals surface area contributed by atoms with E-state index in [1.807, 2.05) is 19.1 Å². The first-order valence-electron chi connectivity index (χ1n) is 8.10. The number of anilines is 1. The monoisotopic (exact) mass is 289 g/mol. The zero-order chi connectivity index (χ0) is 15.4. The van der Waals surface area contributed by atoms with Crippen molar-refractivity contribution in [2.24, 2.45) is 11.8 Å². The number of amides is 1. The smallest absolute Gasteiger partial charge is 0.251 e. The van der Waals surface area contributed by atoms with Gasteiger partial charge < -0.3 is 10.6 Å². The van der Waals surface area contributed by atoms with Gasteiger partial charge in [-0.15, -0.1) is 0 Å². The van der Waals surface area contributed by atoms with E-state index in [4.69, 9.17) is 0 Å². The average molecular weight is 289 g/mol. The van der Waals surface area contributed by atoms with Crippen LogP contribution in [0.4, 0.5) is 5.82 Å². The van der Waals surface area contributed by atoms with E-state index in [0.29, 0.717) is 23.4 Å². The quantitative estimate of drug-likeness (QED) is 0.875. The first kappa shape index (κ1) is 15.8. The maximum Gasteiger partial charge on any atom is 0.251 e. The predicted octanol–water partition coefficient (Wildman–Crippen LogP) is 3.24. The van der Waals surface area contributed by atoms with Crippen molar-refractivity contribution < 1.29 is 4.79 Å². The number of nitrogens with zero attached hydrogens (tertiary/aromatic N) is 1. The van der Waals surface area contributed by atoms with E-state index in [1.54, 1.807) is 0 Å². The zero-order valence-electron chi connectivity index (χ0n) is 13.6. The molecule has 1 aromatic heterocycles. The summed E-state index contributed by atoms with van der Waals surface area (Å²) in [6.45, 7) is 9.39. The van der Waals surface area contributed by atoms with Gasteiger partial charge in [0.25, 0.3) is 5.91 Å². The van der Waals surface area contributed by atoms with Gasteiger partial charge in [-0.2, -0.15) is 0 Å². The van der Waals surface area contributed by atoms with Crippen LogP contribution in [0.15, 0.2) is 12.1 Å². The molecule has 0 aromatic carbocycles. The molecule has 0 bridgehead atoms. The Morgan fingerprint density at radius 2 is 2.05 bits per heavy atom. The number of nitrogens with one attached hydrogen (secondary N) is 2. The minimum Gasteiger partial charge on any atom is -0.370 e. The minimum absolute atomic E-state index is 0.0252. The number of hydrogen-bond donors (Lipinski definition) is 2. The Kier molecular flexibility index (Phi) is 5.21. The summed E-state index contributed by atoms with van der Waals surface area (Å²) < 4.78 is 0. The summed E-state index contributed by atoms with van der Waals surface area (Å²) in [7, 11) is 0. The van der Waals surface area contributed by atoms with E-state index in [2.05, 4.69) is 36.4 Å². The summed E-state index contributed by atoms with van der Waals surface area (Å²) in [6.07, 6.45) is 3.11. The molecule has 3 atom stereocenters. The fraction of sp³-hybridized carbons (Fsp3) is 0.647. The summed E-state index contributed by atoms with van der Waals surface area (Å²) in [5, 5.41) is 6.40. The maximum absolute atomic E-state index is 12.5. The second-order valence-corrected chi connectivity index (χ2v) is 6.11. The number of carbonyl (C=O) groups excluding carboxylic acids is 1. The van der Waals surface area contributed by atoms with E-state index in [1.165, 1.54) is 6.42 Å². The normalized spacial score (nSPS) is 24.9. The van der Waals surface area contributed by atoms with Crippen LogP contribution < -0.4 is 10.6 Å². The van der Waals surface area contributed by atoms with Crippen molar-refractivity contribution in [1.29, 1.82) is 0 Å². The summed E-state index contributed by atoms with van der Waals surface area (Å²) in [6, 6.07) is 4.05. The van der Waals surface area contributed by atoms with Gasteiger partial charge in [0, 0.05) is 23.8 Å². The van der Waals surface area contributed by atoms with Crippen LogP contribution in [0.5, 0.6) is 0 Å². The van der Waals surface area contributed by atoms with E-state index in [-0.39, 0.29) is 5.91 Å². The fourth-order valence-electron chi connectivity index (χ4n) is 2.99. The van der Waals surface area contributed by atoms with Crippen LogP contribution in [-0.2, 0) is 6.42 Å². The van der Waals surface area contributed by atoms with Gasteiger partial charge >= 0.3 is 0 Å². The van der Waals surface area contributed by atoms with Crippen molar-refractivity contribution in [1.82, 2.24) is 10.3 Å². The van der Waals surface area contributed by atoms with Crippen molar-refractivity contribution in [2.45, 2.75) is 53.0 Å². The number of carbonyl (C=O) groups is 1. The number of hydrogen-bond acceptors (Lipinski definition) is 3. The highest BCUT2D eigenvalue weighted by molar-refractivity contribution is 5.95. The molecule has 0 spiro atoms. The molecule has 2 N–H and O–H groups in total. The molecule has 4 heteroatoms. The van der Waals surface area contributed by atoms with Crippen LogP contribution in [-0.4, -0.2) is 23.5 Å². The second-order valence-electron chi connectivity index (χ2n) is 6.11. The maximum atomic E-state index is 12.5. The van der Waals surface area contributed by atoms with Crippen molar-refractivity contribution in [3.63, 3.8) is 0 Å². The first-order chi connectivity index (χ1) is 10.0. The van der Waals surface area contributed by atoms with Crippen LogP contribution in [0.25, 0.3) is 0 Å². The SMILES string of the molecule is CCNc1cc(C(=O)NC2CCC(C)C2C)cc(CC)n1. The van der Waals surface area contributed by atoms with Crippen molar-refractivity contribution in [3.05, 3.63) is 23.4 Å². The molecule has 2 rings (SSSR count). The molecule has 1 aromatic rings. The lowest BCUT2D eigenvalue weighted by Crippen LogP contribution is -2.37. The molecule has 1 heterocycles. The standard InChI is InChI=1S/C17H27N3O/c1-5-14-9-13(10-16(19-14)18-6-2)17(21)20-15-8-7-11(3)12(15)4/h9-12,15H,5-8H2,1-4H3,(H,18,19)(H,20,21). The highest BCUT2D eigenvalue weighted by Gasteiger charge is 2.30. The number of aryl methyl sites for hydroxylation is 1. The molecular formula is C17H27N3O. The Hall–Kier alpha value is -1.58. The third-order valence-electron chi connectivity index (χ3n) is 4.64. The number of pyridine rings is 1. The third-order valence-corrected chi connectivity index (χ3v) is 4.64. The summed E-state index contributed by atoms with van der Waals surface area (Å²) in [4.78, 5) is 17.0. The van der Waals surface area contributed by atoms with Gasteiger partial charge in [0.05, 0.1) is 0 Å². The largest absolute Gasteiger partial charge is 0.370 e. The van der Waals surface area contributed by atoms with Gasteiger partial charge in [0.2, 0.25) is 0 Å². The lowest BCUT2D eigenvalue weighted by Gasteiger charge is -2.20. The molecule has 0 aliphatic heterocycles. The van der Waals surface area contributed by atoms with E-state index in [9.17, 15) is 4.79 Å². The van der Waals surface area contributed by atoms with Gasteiger partial charge in [-0.1, -0.05) is 20.8 Å². The molecular weight excluding hydrogens is 262 g/mol. The van der Waals surface area contributed by atoms with Crippen LogP contribution in [0, 0.1) is 11.8 Å². The molecule has 116 valence electrons. The number of aromatic nitrogens is 1. The second kappa shape index (κ2) is 6.92. The lowest BCUT2D eigenvalue weighted by molar-refractivity contribution is 0.0927. The van der Waals surface area contributed by atoms with E-state index < -0.39 is 0 Å². The van der Waals surface area contributed by atoms with Crippen molar-refractivity contribution >= 4 is 11.7 Å². The Balaban J connectivity index is 2.13. The molecule has 1 saturated carbocycles. The van der Waals surface area contributed by atoms with Gasteiger partial charge in [-0.3, -0.25) is 4.79 Å². The molecule has 1 fully saturated rings. The van der Waals surface area contributed by atoms with Crippen LogP contribution in [0.1, 0.15) is 56.6 Å². The molecule has 21 heavy (non-hydrogen) atoms. The number of rotatable bonds is 5. The highest BCUT2D eigenvalue weighted by atomic mass is 16.1. The summed E-state index contributed by atoms with van der Waals surface area (Å²) in [5.74, 6) is 2.05. The molecule has 1 aliphatic carbocycles. The Morgan fingerprint density at radius 1 is 1.29 bits per heavy atom. The van der Waals surface area contributed by atoms with Crippen LogP contribution in [0.2, 0.25) is 0 Å². The van der Waals surface area contributed by atoms with Gasteiger partial charge in [0.1, 0.15) is 5.82 Å². The molecule has 3 unspecified atom stereocenters. The topological polar surface area (TPSA) is 54.0 Å². The molecule has 1 amide bonds.